The molecule has 0 spiro atoms. The average molecular weight is 415 g/mol. The van der Waals surface area contributed by atoms with Gasteiger partial charge in [0, 0.05) is 29.1 Å². The van der Waals surface area contributed by atoms with Gasteiger partial charge >= 0.3 is 0 Å². The Labute approximate surface area is 177 Å². The van der Waals surface area contributed by atoms with Gasteiger partial charge in [-0.05, 0) is 55.8 Å². The third-order valence-corrected chi connectivity index (χ3v) is 4.81. The van der Waals surface area contributed by atoms with Gasteiger partial charge in [-0.15, -0.1) is 0 Å². The van der Waals surface area contributed by atoms with Crippen molar-refractivity contribution in [1.82, 2.24) is 19.6 Å². The number of anilines is 1. The maximum absolute atomic E-state index is 12.8. The molecule has 2 aromatic carbocycles. The molecule has 0 aliphatic heterocycles. The van der Waals surface area contributed by atoms with Crippen LogP contribution in [0.3, 0.4) is 0 Å². The number of hydrogen-bond acceptors (Lipinski definition) is 4. The molecule has 0 aliphatic carbocycles. The third-order valence-electron chi connectivity index (χ3n) is 4.81. The number of nitrogens with one attached hydrogen (secondary N) is 2. The molecular weight excluding hydrogens is 394 g/mol. The van der Waals surface area contributed by atoms with E-state index in [-0.39, 0.29) is 5.91 Å². The van der Waals surface area contributed by atoms with Crippen LogP contribution in [-0.4, -0.2) is 25.5 Å². The minimum Gasteiger partial charge on any atom is -0.322 e. The Morgan fingerprint density at radius 2 is 1.81 bits per heavy atom. The van der Waals surface area contributed by atoms with Gasteiger partial charge in [-0.25, -0.2) is 4.68 Å². The maximum atomic E-state index is 12.8. The van der Waals surface area contributed by atoms with Gasteiger partial charge < -0.3 is 5.32 Å². The highest BCUT2D eigenvalue weighted by atomic mass is 16.2. The molecule has 4 aromatic rings. The molecular formula is C23H21N5O3. The Hall–Kier alpha value is -4.20. The number of hydrogen-bond donors (Lipinski definition) is 2. The lowest BCUT2D eigenvalue weighted by Crippen LogP contribution is -2.26. The van der Waals surface area contributed by atoms with E-state index in [0.717, 1.165) is 27.7 Å². The molecule has 2 aromatic heterocycles. The van der Waals surface area contributed by atoms with Crippen molar-refractivity contribution in [2.45, 2.75) is 20.4 Å². The second-order valence-corrected chi connectivity index (χ2v) is 7.27. The van der Waals surface area contributed by atoms with E-state index in [9.17, 15) is 14.4 Å². The Kier molecular flexibility index (Phi) is 5.36. The quantitative estimate of drug-likeness (QED) is 0.523. The molecule has 0 radical (unpaired) electrons. The van der Waals surface area contributed by atoms with Gasteiger partial charge in [0.15, 0.2) is 0 Å². The molecule has 2 N–H and O–H groups in total. The van der Waals surface area contributed by atoms with Gasteiger partial charge in [-0.3, -0.25) is 24.2 Å². The first-order valence-electron chi connectivity index (χ1n) is 9.73. The second kappa shape index (κ2) is 8.27. The summed E-state index contributed by atoms with van der Waals surface area (Å²) in [6, 6.07) is 18.4. The predicted octanol–water partition coefficient (Wildman–Crippen LogP) is 2.64. The zero-order valence-electron chi connectivity index (χ0n) is 17.1. The van der Waals surface area contributed by atoms with Crippen LogP contribution >= 0.6 is 0 Å². The lowest BCUT2D eigenvalue weighted by Gasteiger charge is -2.10. The van der Waals surface area contributed by atoms with E-state index in [4.69, 9.17) is 0 Å². The van der Waals surface area contributed by atoms with E-state index >= 15 is 0 Å². The van der Waals surface area contributed by atoms with E-state index in [0.29, 0.717) is 23.5 Å². The highest BCUT2D eigenvalue weighted by molar-refractivity contribution is 6.04. The van der Waals surface area contributed by atoms with Crippen LogP contribution in [-0.2, 0) is 6.54 Å². The van der Waals surface area contributed by atoms with Crippen molar-refractivity contribution in [2.75, 3.05) is 5.32 Å². The fourth-order valence-corrected chi connectivity index (χ4v) is 3.36. The second-order valence-electron chi connectivity index (χ2n) is 7.27. The monoisotopic (exact) mass is 415 g/mol. The molecule has 0 saturated carbocycles. The van der Waals surface area contributed by atoms with Crippen molar-refractivity contribution in [3.63, 3.8) is 0 Å². The van der Waals surface area contributed by atoms with E-state index in [1.807, 2.05) is 48.9 Å². The highest BCUT2D eigenvalue weighted by Crippen LogP contribution is 2.15. The van der Waals surface area contributed by atoms with E-state index in [1.165, 1.54) is 6.07 Å². The molecule has 1 amide bonds. The van der Waals surface area contributed by atoms with Crippen LogP contribution < -0.4 is 16.4 Å². The van der Waals surface area contributed by atoms with Crippen LogP contribution in [0.2, 0.25) is 0 Å². The average Bonchev–Trinajstić information content (AvgIpc) is 3.06. The van der Waals surface area contributed by atoms with Crippen molar-refractivity contribution in [2.24, 2.45) is 0 Å². The molecule has 31 heavy (non-hydrogen) atoms. The zero-order chi connectivity index (χ0) is 22.0. The molecule has 8 nitrogen and oxygen atoms in total. The summed E-state index contributed by atoms with van der Waals surface area (Å²) in [7, 11) is 0. The number of benzene rings is 2. The number of H-pyrrole nitrogens is 1. The normalized spacial score (nSPS) is 10.8. The highest BCUT2D eigenvalue weighted by Gasteiger charge is 2.10. The summed E-state index contributed by atoms with van der Waals surface area (Å²) in [4.78, 5) is 36.4. The summed E-state index contributed by atoms with van der Waals surface area (Å²) in [5.41, 5.74) is 3.64. The standard InChI is InChI=1S/C23H21N5O3/c1-15-11-16(2)27(25-15)14-17-5-3-7-19(12-17)24-23(31)18-6-4-8-20(13-18)28-22(30)10-9-21(29)26-28/h3-13H,14H2,1-2H3,(H,24,31)(H,26,29). The summed E-state index contributed by atoms with van der Waals surface area (Å²) in [6.45, 7) is 4.56. The minimum atomic E-state index is -0.408. The van der Waals surface area contributed by atoms with E-state index < -0.39 is 11.1 Å². The maximum Gasteiger partial charge on any atom is 0.269 e. The van der Waals surface area contributed by atoms with Crippen molar-refractivity contribution < 1.29 is 4.79 Å². The number of carbonyl (C=O) groups excluding carboxylic acids is 1. The fourth-order valence-electron chi connectivity index (χ4n) is 3.36. The molecule has 0 bridgehead atoms. The molecule has 0 fully saturated rings. The van der Waals surface area contributed by atoms with Crippen LogP contribution in [0.25, 0.3) is 5.69 Å². The lowest BCUT2D eigenvalue weighted by atomic mass is 10.1. The van der Waals surface area contributed by atoms with Crippen LogP contribution in [0.5, 0.6) is 0 Å². The topological polar surface area (TPSA) is 102 Å². The summed E-state index contributed by atoms with van der Waals surface area (Å²) in [6.07, 6.45) is 0. The Bertz CT molecular complexity index is 1380. The van der Waals surface area contributed by atoms with Gasteiger partial charge in [0.25, 0.3) is 17.0 Å². The largest absolute Gasteiger partial charge is 0.322 e. The number of amides is 1. The van der Waals surface area contributed by atoms with Gasteiger partial charge in [0.1, 0.15) is 0 Å². The molecule has 4 rings (SSSR count). The molecule has 156 valence electrons. The Balaban J connectivity index is 1.55. The van der Waals surface area contributed by atoms with Gasteiger partial charge in [-0.2, -0.15) is 5.10 Å². The third kappa shape index (κ3) is 4.53. The van der Waals surface area contributed by atoms with E-state index in [1.54, 1.807) is 24.3 Å². The van der Waals surface area contributed by atoms with E-state index in [2.05, 4.69) is 15.5 Å². The SMILES string of the molecule is Cc1cc(C)n(Cc2cccc(NC(=O)c3cccc(-n4[nH]c(=O)ccc4=O)c3)c2)n1. The molecule has 0 atom stereocenters. The van der Waals surface area contributed by atoms with Crippen molar-refractivity contribution in [3.8, 4) is 5.69 Å². The Morgan fingerprint density at radius 1 is 1.00 bits per heavy atom. The van der Waals surface area contributed by atoms with Crippen LogP contribution in [0.1, 0.15) is 27.3 Å². The first-order chi connectivity index (χ1) is 14.9. The lowest BCUT2D eigenvalue weighted by molar-refractivity contribution is 0.102. The number of aryl methyl sites for hydroxylation is 2. The summed E-state index contributed by atoms with van der Waals surface area (Å²) in [5, 5.41) is 9.81. The number of aromatic nitrogens is 4. The van der Waals surface area contributed by atoms with Crippen molar-refractivity contribution in [1.29, 1.82) is 0 Å². The van der Waals surface area contributed by atoms with Crippen LogP contribution in [0.4, 0.5) is 5.69 Å². The number of nitrogens with zero attached hydrogens (tertiary/aromatic N) is 3. The first-order valence-corrected chi connectivity index (χ1v) is 9.73. The molecule has 8 heteroatoms. The van der Waals surface area contributed by atoms with Crippen LogP contribution in [0.15, 0.2) is 76.3 Å². The molecule has 2 heterocycles. The molecule has 0 unspecified atom stereocenters. The van der Waals surface area contributed by atoms with Crippen molar-refractivity contribution in [3.05, 3.63) is 110 Å². The summed E-state index contributed by atoms with van der Waals surface area (Å²) < 4.78 is 3.02. The number of carbonyl (C=O) groups is 1. The Morgan fingerprint density at radius 3 is 2.58 bits per heavy atom. The van der Waals surface area contributed by atoms with Gasteiger partial charge in [-0.1, -0.05) is 18.2 Å². The predicted molar refractivity (Wildman–Crippen MR) is 118 cm³/mol. The van der Waals surface area contributed by atoms with Crippen LogP contribution in [0, 0.1) is 13.8 Å². The fraction of sp³-hybridized carbons (Fsp3) is 0.130. The molecule has 0 saturated heterocycles. The molecule has 0 aliphatic rings. The summed E-state index contributed by atoms with van der Waals surface area (Å²) in [5.74, 6) is -0.323. The van der Waals surface area contributed by atoms with Gasteiger partial charge in [0.2, 0.25) is 0 Å². The number of rotatable bonds is 5. The minimum absolute atomic E-state index is 0.323. The zero-order valence-corrected chi connectivity index (χ0v) is 17.1. The van der Waals surface area contributed by atoms with Crippen molar-refractivity contribution >= 4 is 11.6 Å². The summed E-state index contributed by atoms with van der Waals surface area (Å²) >= 11 is 0. The van der Waals surface area contributed by atoms with Gasteiger partial charge in [0.05, 0.1) is 17.9 Å². The number of aromatic amines is 1. The smallest absolute Gasteiger partial charge is 0.269 e. The first kappa shape index (κ1) is 20.1.